The first-order chi connectivity index (χ1) is 13.7. The summed E-state index contributed by atoms with van der Waals surface area (Å²) in [5, 5.41) is 3.26. The maximum Gasteiger partial charge on any atom is 0.227 e. The van der Waals surface area contributed by atoms with Crippen molar-refractivity contribution in [2.24, 2.45) is 0 Å². The first-order valence-corrected chi connectivity index (χ1v) is 9.31. The van der Waals surface area contributed by atoms with Gasteiger partial charge in [0.05, 0.1) is 0 Å². The Morgan fingerprint density at radius 2 is 1.75 bits per heavy atom. The lowest BCUT2D eigenvalue weighted by atomic mass is 10.1. The van der Waals surface area contributed by atoms with E-state index >= 15 is 0 Å². The van der Waals surface area contributed by atoms with E-state index in [0.717, 1.165) is 37.7 Å². The first kappa shape index (κ1) is 17.9. The smallest absolute Gasteiger partial charge is 0.227 e. The molecule has 0 spiro atoms. The molecule has 1 N–H and O–H groups in total. The van der Waals surface area contributed by atoms with Gasteiger partial charge in [0.1, 0.15) is 11.6 Å². The van der Waals surface area contributed by atoms with Crippen molar-refractivity contribution in [3.05, 3.63) is 66.5 Å². The number of anilines is 4. The Morgan fingerprint density at radius 3 is 2.50 bits per heavy atom. The molecule has 1 aliphatic heterocycles. The predicted octanol–water partition coefficient (Wildman–Crippen LogP) is 3.14. The molecule has 1 saturated heterocycles. The minimum absolute atomic E-state index is 0.0396. The number of carbonyl (C=O) groups excluding carboxylic acids is 1. The molecule has 4 rings (SSSR count). The average Bonchev–Trinajstić information content (AvgIpc) is 2.75. The van der Waals surface area contributed by atoms with Crippen LogP contribution in [0.2, 0.25) is 0 Å². The van der Waals surface area contributed by atoms with Crippen LogP contribution in [-0.2, 0) is 0 Å². The molecule has 3 heterocycles. The molecule has 0 saturated carbocycles. The second-order valence-electron chi connectivity index (χ2n) is 6.67. The minimum atomic E-state index is 0.0396. The zero-order chi connectivity index (χ0) is 19.3. The Labute approximate surface area is 164 Å². The minimum Gasteiger partial charge on any atom is -0.353 e. The van der Waals surface area contributed by atoms with Crippen molar-refractivity contribution in [1.82, 2.24) is 15.0 Å². The highest BCUT2D eigenvalue weighted by Gasteiger charge is 2.20. The van der Waals surface area contributed by atoms with Gasteiger partial charge in [-0.25, -0.2) is 9.97 Å². The van der Waals surface area contributed by atoms with E-state index in [1.807, 2.05) is 48.7 Å². The van der Waals surface area contributed by atoms with Crippen molar-refractivity contribution in [2.45, 2.75) is 6.92 Å². The van der Waals surface area contributed by atoms with Gasteiger partial charge in [-0.1, -0.05) is 18.2 Å². The summed E-state index contributed by atoms with van der Waals surface area (Å²) in [5.74, 6) is 2.45. The summed E-state index contributed by atoms with van der Waals surface area (Å²) < 4.78 is 0. The van der Waals surface area contributed by atoms with Crippen LogP contribution in [0.4, 0.5) is 23.3 Å². The molecule has 0 atom stereocenters. The molecule has 0 bridgehead atoms. The number of hydrogen-bond donors (Lipinski definition) is 1. The third-order valence-corrected chi connectivity index (χ3v) is 4.72. The van der Waals surface area contributed by atoms with Gasteiger partial charge in [0, 0.05) is 49.8 Å². The predicted molar refractivity (Wildman–Crippen MR) is 110 cm³/mol. The van der Waals surface area contributed by atoms with E-state index < -0.39 is 0 Å². The number of aromatic nitrogens is 3. The van der Waals surface area contributed by atoms with Crippen molar-refractivity contribution >= 4 is 29.1 Å². The van der Waals surface area contributed by atoms with Gasteiger partial charge in [-0.05, 0) is 37.3 Å². The highest BCUT2D eigenvalue weighted by molar-refractivity contribution is 5.95. The first-order valence-electron chi connectivity index (χ1n) is 9.31. The number of nitrogens with zero attached hydrogens (tertiary/aromatic N) is 5. The molecular formula is C21H22N6O. The summed E-state index contributed by atoms with van der Waals surface area (Å²) in [6, 6.07) is 15.2. The standard InChI is InChI=1S/C21H22N6O/c1-16(28)17-5-4-6-18(15-17)24-19-8-10-23-21(25-19)27-13-11-26(12-14-27)20-7-2-3-9-22-20/h2-10,15H,11-14H2,1H3,(H,23,24,25). The fourth-order valence-corrected chi connectivity index (χ4v) is 3.21. The summed E-state index contributed by atoms with van der Waals surface area (Å²) in [6.07, 6.45) is 3.58. The lowest BCUT2D eigenvalue weighted by molar-refractivity contribution is 0.101. The summed E-state index contributed by atoms with van der Waals surface area (Å²) >= 11 is 0. The van der Waals surface area contributed by atoms with Gasteiger partial charge >= 0.3 is 0 Å². The Hall–Kier alpha value is -3.48. The fourth-order valence-electron chi connectivity index (χ4n) is 3.21. The third kappa shape index (κ3) is 4.09. The molecule has 0 amide bonds. The van der Waals surface area contributed by atoms with Crippen LogP contribution in [0.3, 0.4) is 0 Å². The number of pyridine rings is 1. The van der Waals surface area contributed by atoms with Crippen LogP contribution in [0.25, 0.3) is 0 Å². The van der Waals surface area contributed by atoms with Crippen LogP contribution < -0.4 is 15.1 Å². The van der Waals surface area contributed by atoms with Gasteiger partial charge in [0.2, 0.25) is 5.95 Å². The fraction of sp³-hybridized carbons (Fsp3) is 0.238. The Morgan fingerprint density at radius 1 is 0.929 bits per heavy atom. The molecule has 0 aliphatic carbocycles. The molecule has 2 aromatic heterocycles. The van der Waals surface area contributed by atoms with Gasteiger partial charge < -0.3 is 15.1 Å². The number of benzene rings is 1. The number of ketones is 1. The number of hydrogen-bond acceptors (Lipinski definition) is 7. The monoisotopic (exact) mass is 374 g/mol. The van der Waals surface area contributed by atoms with Crippen LogP contribution in [0.15, 0.2) is 60.9 Å². The Bertz CT molecular complexity index is 954. The molecule has 1 aliphatic rings. The zero-order valence-corrected chi connectivity index (χ0v) is 15.7. The zero-order valence-electron chi connectivity index (χ0n) is 15.7. The van der Waals surface area contributed by atoms with E-state index in [9.17, 15) is 4.79 Å². The lowest BCUT2D eigenvalue weighted by Crippen LogP contribution is -2.47. The van der Waals surface area contributed by atoms with E-state index in [0.29, 0.717) is 17.3 Å². The molecule has 0 radical (unpaired) electrons. The van der Waals surface area contributed by atoms with E-state index in [1.165, 1.54) is 0 Å². The molecule has 7 nitrogen and oxygen atoms in total. The summed E-state index contributed by atoms with van der Waals surface area (Å²) in [6.45, 7) is 4.98. The van der Waals surface area contributed by atoms with Gasteiger partial charge in [-0.15, -0.1) is 0 Å². The van der Waals surface area contributed by atoms with E-state index in [-0.39, 0.29) is 5.78 Å². The van der Waals surface area contributed by atoms with Crippen molar-refractivity contribution < 1.29 is 4.79 Å². The highest BCUT2D eigenvalue weighted by Crippen LogP contribution is 2.20. The van der Waals surface area contributed by atoms with E-state index in [2.05, 4.69) is 30.1 Å². The van der Waals surface area contributed by atoms with Crippen LogP contribution in [0.1, 0.15) is 17.3 Å². The number of carbonyl (C=O) groups is 1. The molecule has 1 fully saturated rings. The number of piperazine rings is 1. The SMILES string of the molecule is CC(=O)c1cccc(Nc2ccnc(N3CCN(c4ccccn4)CC3)n2)c1. The molecule has 0 unspecified atom stereocenters. The Kier molecular flexibility index (Phi) is 5.14. The molecule has 28 heavy (non-hydrogen) atoms. The van der Waals surface area contributed by atoms with Gasteiger partial charge in [-0.3, -0.25) is 4.79 Å². The number of nitrogens with one attached hydrogen (secondary N) is 1. The molecule has 3 aromatic rings. The van der Waals surface area contributed by atoms with Gasteiger partial charge in [-0.2, -0.15) is 4.98 Å². The number of rotatable bonds is 5. The summed E-state index contributed by atoms with van der Waals surface area (Å²) in [4.78, 5) is 29.5. The van der Waals surface area contributed by atoms with Crippen molar-refractivity contribution in [1.29, 1.82) is 0 Å². The molecule has 1 aromatic carbocycles. The summed E-state index contributed by atoms with van der Waals surface area (Å²) in [7, 11) is 0. The van der Waals surface area contributed by atoms with Crippen molar-refractivity contribution in [2.75, 3.05) is 41.3 Å². The van der Waals surface area contributed by atoms with Gasteiger partial charge in [0.25, 0.3) is 0 Å². The van der Waals surface area contributed by atoms with Gasteiger partial charge in [0.15, 0.2) is 5.78 Å². The van der Waals surface area contributed by atoms with Crippen LogP contribution in [0, 0.1) is 0 Å². The van der Waals surface area contributed by atoms with Crippen molar-refractivity contribution in [3.8, 4) is 0 Å². The molecule has 142 valence electrons. The second kappa shape index (κ2) is 8.04. The highest BCUT2D eigenvalue weighted by atomic mass is 16.1. The maximum absolute atomic E-state index is 11.6. The normalized spacial score (nSPS) is 14.0. The number of Topliss-reactive ketones (excluding diaryl/α,β-unsaturated/α-hetero) is 1. The topological polar surface area (TPSA) is 74.2 Å². The largest absolute Gasteiger partial charge is 0.353 e. The average molecular weight is 374 g/mol. The molecular weight excluding hydrogens is 352 g/mol. The maximum atomic E-state index is 11.6. The summed E-state index contributed by atoms with van der Waals surface area (Å²) in [5.41, 5.74) is 1.50. The molecule has 7 heteroatoms. The third-order valence-electron chi connectivity index (χ3n) is 4.72. The van der Waals surface area contributed by atoms with Crippen LogP contribution >= 0.6 is 0 Å². The van der Waals surface area contributed by atoms with E-state index in [1.54, 1.807) is 19.2 Å². The van der Waals surface area contributed by atoms with Crippen molar-refractivity contribution in [3.63, 3.8) is 0 Å². The Balaban J connectivity index is 1.43. The lowest BCUT2D eigenvalue weighted by Gasteiger charge is -2.35. The van der Waals surface area contributed by atoms with E-state index in [4.69, 9.17) is 0 Å². The quantitative estimate of drug-likeness (QED) is 0.688. The van der Waals surface area contributed by atoms with Crippen LogP contribution in [0.5, 0.6) is 0 Å². The van der Waals surface area contributed by atoms with Crippen LogP contribution in [-0.4, -0.2) is 46.9 Å². The second-order valence-corrected chi connectivity index (χ2v) is 6.67.